The van der Waals surface area contributed by atoms with Gasteiger partial charge in [0.25, 0.3) is 11.8 Å². The van der Waals surface area contributed by atoms with Crippen molar-refractivity contribution in [3.8, 4) is 28.4 Å². The standard InChI is InChI=1S/C28H29Cl2N3O5/c1-28(2,3)38-27(36)37-26-24(25(35)31-20-6-4-5-7-21(20)34)32-22(16-8-12-18(29)13-9-16)23(33-26)17-10-14-19(30)15-11-17/h8-15,20-21,34H,4-7H2,1-3H3,(H,31,35)/t20-,21-/m1/s1. The number of aliphatic hydroxyl groups excluding tert-OH is 1. The molecule has 1 aliphatic rings. The summed E-state index contributed by atoms with van der Waals surface area (Å²) in [7, 11) is 0. The molecule has 0 bridgehead atoms. The Balaban J connectivity index is 1.84. The highest BCUT2D eigenvalue weighted by Crippen LogP contribution is 2.34. The highest BCUT2D eigenvalue weighted by molar-refractivity contribution is 6.31. The lowest BCUT2D eigenvalue weighted by atomic mass is 9.92. The van der Waals surface area contributed by atoms with Crippen molar-refractivity contribution in [2.75, 3.05) is 0 Å². The summed E-state index contributed by atoms with van der Waals surface area (Å²) in [5, 5.41) is 14.3. The van der Waals surface area contributed by atoms with Crippen molar-refractivity contribution >= 4 is 35.3 Å². The second-order valence-corrected chi connectivity index (χ2v) is 11.0. The topological polar surface area (TPSA) is 111 Å². The van der Waals surface area contributed by atoms with Gasteiger partial charge in [-0.2, -0.15) is 0 Å². The van der Waals surface area contributed by atoms with E-state index in [4.69, 9.17) is 32.7 Å². The zero-order valence-corrected chi connectivity index (χ0v) is 22.8. The van der Waals surface area contributed by atoms with Crippen LogP contribution in [0.3, 0.4) is 0 Å². The van der Waals surface area contributed by atoms with Gasteiger partial charge in [0, 0.05) is 21.2 Å². The van der Waals surface area contributed by atoms with E-state index in [2.05, 4.69) is 15.3 Å². The predicted molar refractivity (Wildman–Crippen MR) is 146 cm³/mol. The molecule has 0 radical (unpaired) electrons. The molecule has 10 heteroatoms. The SMILES string of the molecule is CC(C)(C)OC(=O)Oc1nc(-c2ccc(Cl)cc2)c(-c2ccc(Cl)cc2)nc1C(=O)N[C@@H]1CCCC[C@H]1O. The first kappa shape index (κ1) is 27.8. The van der Waals surface area contributed by atoms with Crippen LogP contribution >= 0.6 is 23.2 Å². The molecular weight excluding hydrogens is 529 g/mol. The maximum absolute atomic E-state index is 13.5. The van der Waals surface area contributed by atoms with Gasteiger partial charge >= 0.3 is 6.16 Å². The second kappa shape index (κ2) is 11.7. The van der Waals surface area contributed by atoms with Crippen molar-refractivity contribution in [1.29, 1.82) is 0 Å². The number of aromatic nitrogens is 2. The van der Waals surface area contributed by atoms with Crippen LogP contribution in [0.1, 0.15) is 56.9 Å². The average Bonchev–Trinajstić information content (AvgIpc) is 2.85. The summed E-state index contributed by atoms with van der Waals surface area (Å²) in [5.74, 6) is -0.940. The molecule has 4 rings (SSSR count). The molecule has 1 saturated carbocycles. The molecule has 3 aromatic rings. The molecule has 0 saturated heterocycles. The van der Waals surface area contributed by atoms with Gasteiger partial charge in [-0.3, -0.25) is 4.79 Å². The number of rotatable bonds is 5. The highest BCUT2D eigenvalue weighted by Gasteiger charge is 2.30. The molecular formula is C28H29Cl2N3O5. The number of amides is 1. The quantitative estimate of drug-likeness (QED) is 0.346. The molecule has 38 heavy (non-hydrogen) atoms. The molecule has 0 spiro atoms. The third-order valence-corrected chi connectivity index (χ3v) is 6.43. The molecule has 2 aromatic carbocycles. The maximum Gasteiger partial charge on any atom is 0.515 e. The first-order valence-electron chi connectivity index (χ1n) is 12.3. The van der Waals surface area contributed by atoms with Gasteiger partial charge in [0.2, 0.25) is 0 Å². The number of nitrogens with zero attached hydrogens (tertiary/aromatic N) is 2. The third kappa shape index (κ3) is 7.01. The molecule has 2 N–H and O–H groups in total. The van der Waals surface area contributed by atoms with Crippen LogP contribution in [0.2, 0.25) is 10.0 Å². The molecule has 0 aliphatic heterocycles. The van der Waals surface area contributed by atoms with Crippen molar-refractivity contribution in [1.82, 2.24) is 15.3 Å². The van der Waals surface area contributed by atoms with Crippen molar-refractivity contribution < 1.29 is 24.2 Å². The molecule has 8 nitrogen and oxygen atoms in total. The number of hydrogen-bond acceptors (Lipinski definition) is 7. The molecule has 1 amide bonds. The van der Waals surface area contributed by atoms with Crippen LogP contribution in [0.5, 0.6) is 5.88 Å². The Bertz CT molecular complexity index is 1310. The number of ether oxygens (including phenoxy) is 2. The van der Waals surface area contributed by atoms with Gasteiger partial charge in [0.1, 0.15) is 11.3 Å². The average molecular weight is 558 g/mol. The Labute approximate surface area is 231 Å². The van der Waals surface area contributed by atoms with Crippen LogP contribution in [-0.2, 0) is 4.74 Å². The molecule has 0 unspecified atom stereocenters. The van der Waals surface area contributed by atoms with Gasteiger partial charge in [0.05, 0.1) is 17.8 Å². The highest BCUT2D eigenvalue weighted by atomic mass is 35.5. The zero-order valence-electron chi connectivity index (χ0n) is 21.3. The van der Waals surface area contributed by atoms with E-state index in [9.17, 15) is 14.7 Å². The first-order chi connectivity index (χ1) is 18.0. The fourth-order valence-corrected chi connectivity index (χ4v) is 4.38. The number of benzene rings is 2. The van der Waals surface area contributed by atoms with E-state index < -0.39 is 29.8 Å². The largest absolute Gasteiger partial charge is 0.515 e. The van der Waals surface area contributed by atoms with E-state index in [-0.39, 0.29) is 11.6 Å². The third-order valence-electron chi connectivity index (χ3n) is 5.93. The minimum absolute atomic E-state index is 0.212. The fourth-order valence-electron chi connectivity index (χ4n) is 4.12. The minimum atomic E-state index is -1.03. The maximum atomic E-state index is 13.5. The Morgan fingerprint density at radius 3 is 1.95 bits per heavy atom. The monoisotopic (exact) mass is 557 g/mol. The van der Waals surface area contributed by atoms with Crippen molar-refractivity contribution in [3.63, 3.8) is 0 Å². The second-order valence-electron chi connectivity index (χ2n) is 10.1. The number of carbonyl (C=O) groups excluding carboxylic acids is 2. The lowest BCUT2D eigenvalue weighted by Gasteiger charge is -2.28. The Morgan fingerprint density at radius 1 is 0.895 bits per heavy atom. The van der Waals surface area contributed by atoms with Gasteiger partial charge in [0.15, 0.2) is 5.69 Å². The van der Waals surface area contributed by atoms with E-state index >= 15 is 0 Å². The van der Waals surface area contributed by atoms with E-state index in [0.29, 0.717) is 45.4 Å². The Kier molecular flexibility index (Phi) is 8.55. The van der Waals surface area contributed by atoms with E-state index in [1.165, 1.54) is 0 Å². The van der Waals surface area contributed by atoms with Crippen LogP contribution in [0.15, 0.2) is 48.5 Å². The van der Waals surface area contributed by atoms with Gasteiger partial charge < -0.3 is 19.9 Å². The van der Waals surface area contributed by atoms with Gasteiger partial charge in [-0.05, 0) is 57.9 Å². The van der Waals surface area contributed by atoms with Crippen molar-refractivity contribution in [2.24, 2.45) is 0 Å². The normalized spacial score (nSPS) is 17.5. The summed E-state index contributed by atoms with van der Waals surface area (Å²) in [6.45, 7) is 5.09. The summed E-state index contributed by atoms with van der Waals surface area (Å²) >= 11 is 12.2. The van der Waals surface area contributed by atoms with Gasteiger partial charge in [-0.15, -0.1) is 0 Å². The predicted octanol–water partition coefficient (Wildman–Crippen LogP) is 6.46. The summed E-state index contributed by atoms with van der Waals surface area (Å²) in [4.78, 5) is 35.3. The molecule has 1 fully saturated rings. The van der Waals surface area contributed by atoms with Crippen LogP contribution < -0.4 is 10.1 Å². The number of hydrogen-bond donors (Lipinski definition) is 2. The molecule has 1 heterocycles. The first-order valence-corrected chi connectivity index (χ1v) is 13.1. The van der Waals surface area contributed by atoms with Crippen LogP contribution in [0.4, 0.5) is 4.79 Å². The summed E-state index contributed by atoms with van der Waals surface area (Å²) < 4.78 is 10.7. The van der Waals surface area contributed by atoms with Gasteiger partial charge in [-0.25, -0.2) is 14.8 Å². The number of aliphatic hydroxyl groups is 1. The van der Waals surface area contributed by atoms with E-state index in [0.717, 1.165) is 12.8 Å². The molecule has 2 atom stereocenters. The molecule has 1 aromatic heterocycles. The zero-order chi connectivity index (χ0) is 27.4. The Morgan fingerprint density at radius 2 is 1.42 bits per heavy atom. The minimum Gasteiger partial charge on any atom is -0.428 e. The van der Waals surface area contributed by atoms with Crippen LogP contribution in [0.25, 0.3) is 22.5 Å². The summed E-state index contributed by atoms with van der Waals surface area (Å²) in [6, 6.07) is 13.4. The fraction of sp³-hybridized carbons (Fsp3) is 0.357. The smallest absolute Gasteiger partial charge is 0.428 e. The van der Waals surface area contributed by atoms with E-state index in [1.807, 2.05) is 0 Å². The lowest BCUT2D eigenvalue weighted by Crippen LogP contribution is -2.45. The number of halogens is 2. The summed E-state index contributed by atoms with van der Waals surface area (Å²) in [5.41, 5.74) is 0.961. The van der Waals surface area contributed by atoms with E-state index in [1.54, 1.807) is 69.3 Å². The number of nitrogens with one attached hydrogen (secondary N) is 1. The summed E-state index contributed by atoms with van der Waals surface area (Å²) in [6.07, 6.45) is 1.26. The Hall–Kier alpha value is -3.20. The molecule has 1 aliphatic carbocycles. The van der Waals surface area contributed by atoms with Crippen molar-refractivity contribution in [2.45, 2.75) is 64.2 Å². The lowest BCUT2D eigenvalue weighted by molar-refractivity contribution is 0.0194. The van der Waals surface area contributed by atoms with Crippen LogP contribution in [0, 0.1) is 0 Å². The number of carbonyl (C=O) groups is 2. The van der Waals surface area contributed by atoms with Gasteiger partial charge in [-0.1, -0.05) is 60.3 Å². The van der Waals surface area contributed by atoms with Crippen LogP contribution in [-0.4, -0.2) is 44.9 Å². The van der Waals surface area contributed by atoms with Crippen molar-refractivity contribution in [3.05, 3.63) is 64.3 Å². The molecule has 200 valence electrons.